The maximum atomic E-state index is 12.9. The van der Waals surface area contributed by atoms with Crippen LogP contribution < -0.4 is 5.32 Å². The van der Waals surface area contributed by atoms with Crippen LogP contribution in [-0.2, 0) is 0 Å². The maximum Gasteiger partial charge on any atom is 0.404 e. The molecule has 4 heteroatoms. The van der Waals surface area contributed by atoms with E-state index in [9.17, 15) is 13.2 Å². The minimum Gasteiger partial charge on any atom is -0.306 e. The first-order valence-corrected chi connectivity index (χ1v) is 6.25. The summed E-state index contributed by atoms with van der Waals surface area (Å²) in [6, 6.07) is -1.29. The van der Waals surface area contributed by atoms with Crippen LogP contribution in [0, 0.1) is 11.8 Å². The minimum atomic E-state index is -4.10. The van der Waals surface area contributed by atoms with Gasteiger partial charge in [0.05, 0.1) is 0 Å². The molecule has 0 aromatic rings. The Kier molecular flexibility index (Phi) is 5.09. The Hall–Kier alpha value is -0.250. The fraction of sp³-hybridized carbons (Fsp3) is 1.00. The van der Waals surface area contributed by atoms with Crippen LogP contribution in [-0.4, -0.2) is 18.8 Å². The Morgan fingerprint density at radius 1 is 1.19 bits per heavy atom. The Balaban J connectivity index is 2.54. The van der Waals surface area contributed by atoms with Crippen molar-refractivity contribution < 1.29 is 13.2 Å². The van der Waals surface area contributed by atoms with E-state index in [1.54, 1.807) is 0 Å². The third-order valence-corrected chi connectivity index (χ3v) is 3.50. The summed E-state index contributed by atoms with van der Waals surface area (Å²) in [5, 5.41) is 2.67. The molecular formula is C12H22F3N. The monoisotopic (exact) mass is 237 g/mol. The van der Waals surface area contributed by atoms with Crippen molar-refractivity contribution >= 4 is 0 Å². The van der Waals surface area contributed by atoms with Gasteiger partial charge in [-0.15, -0.1) is 0 Å². The van der Waals surface area contributed by atoms with Crippen molar-refractivity contribution in [3.8, 4) is 0 Å². The van der Waals surface area contributed by atoms with Gasteiger partial charge in [0.1, 0.15) is 6.04 Å². The van der Waals surface area contributed by atoms with Crippen molar-refractivity contribution in [3.05, 3.63) is 0 Å². The van der Waals surface area contributed by atoms with Gasteiger partial charge in [-0.25, -0.2) is 0 Å². The third-order valence-electron chi connectivity index (χ3n) is 3.50. The second kappa shape index (κ2) is 5.89. The predicted molar refractivity (Wildman–Crippen MR) is 59.3 cm³/mol. The van der Waals surface area contributed by atoms with Gasteiger partial charge in [0.15, 0.2) is 0 Å². The highest BCUT2D eigenvalue weighted by molar-refractivity contribution is 4.85. The molecule has 0 spiro atoms. The molecule has 1 N–H and O–H groups in total. The van der Waals surface area contributed by atoms with Crippen molar-refractivity contribution in [1.29, 1.82) is 0 Å². The molecule has 0 aromatic heterocycles. The molecular weight excluding hydrogens is 215 g/mol. The molecule has 1 saturated carbocycles. The molecule has 0 aromatic carbocycles. The summed E-state index contributed by atoms with van der Waals surface area (Å²) < 4.78 is 38.6. The van der Waals surface area contributed by atoms with E-state index in [1.807, 2.05) is 6.92 Å². The van der Waals surface area contributed by atoms with Crippen LogP contribution in [0.3, 0.4) is 0 Å². The zero-order chi connectivity index (χ0) is 12.2. The summed E-state index contributed by atoms with van der Waals surface area (Å²) in [6.07, 6.45) is -0.0592. The average Bonchev–Trinajstić information content (AvgIpc) is 2.19. The lowest BCUT2D eigenvalue weighted by molar-refractivity contribution is -0.171. The number of halogens is 3. The third kappa shape index (κ3) is 3.96. The average molecular weight is 237 g/mol. The van der Waals surface area contributed by atoms with Crippen LogP contribution in [0.25, 0.3) is 0 Å². The Morgan fingerprint density at radius 3 is 2.19 bits per heavy atom. The minimum absolute atomic E-state index is 0.220. The molecule has 0 bridgehead atoms. The highest BCUT2D eigenvalue weighted by atomic mass is 19.4. The van der Waals surface area contributed by atoms with Gasteiger partial charge in [-0.2, -0.15) is 13.2 Å². The molecule has 1 unspecified atom stereocenters. The molecule has 0 aliphatic heterocycles. The first-order valence-electron chi connectivity index (χ1n) is 6.25. The molecule has 1 fully saturated rings. The number of alkyl halides is 3. The van der Waals surface area contributed by atoms with Gasteiger partial charge in [0.2, 0.25) is 0 Å². The lowest BCUT2D eigenvalue weighted by Crippen LogP contribution is -2.48. The van der Waals surface area contributed by atoms with Crippen molar-refractivity contribution in [3.63, 3.8) is 0 Å². The van der Waals surface area contributed by atoms with Crippen LogP contribution in [0.1, 0.15) is 46.0 Å². The zero-order valence-electron chi connectivity index (χ0n) is 10.1. The molecule has 0 radical (unpaired) electrons. The second-order valence-electron chi connectivity index (χ2n) is 4.99. The summed E-state index contributed by atoms with van der Waals surface area (Å²) in [6.45, 7) is 4.47. The van der Waals surface area contributed by atoms with Gasteiger partial charge >= 0.3 is 6.18 Å². The van der Waals surface area contributed by atoms with E-state index in [2.05, 4.69) is 12.2 Å². The van der Waals surface area contributed by atoms with E-state index in [4.69, 9.17) is 0 Å². The van der Waals surface area contributed by atoms with E-state index in [0.29, 0.717) is 25.3 Å². The Labute approximate surface area is 95.8 Å². The first kappa shape index (κ1) is 13.8. The van der Waals surface area contributed by atoms with Crippen molar-refractivity contribution in [2.24, 2.45) is 11.8 Å². The van der Waals surface area contributed by atoms with E-state index in [-0.39, 0.29) is 5.92 Å². The zero-order valence-corrected chi connectivity index (χ0v) is 10.1. The van der Waals surface area contributed by atoms with Crippen molar-refractivity contribution in [1.82, 2.24) is 5.32 Å². The molecule has 1 nitrogen and oxygen atoms in total. The normalized spacial score (nSPS) is 29.1. The van der Waals surface area contributed by atoms with Crippen LogP contribution in [0.5, 0.6) is 0 Å². The van der Waals surface area contributed by atoms with Crippen molar-refractivity contribution in [2.45, 2.75) is 58.2 Å². The highest BCUT2D eigenvalue weighted by Gasteiger charge is 2.44. The number of nitrogens with one attached hydrogen (secondary N) is 1. The fourth-order valence-electron chi connectivity index (χ4n) is 2.47. The molecule has 1 rings (SSSR count). The molecule has 0 saturated heterocycles. The van der Waals surface area contributed by atoms with Gasteiger partial charge in [-0.05, 0) is 37.6 Å². The van der Waals surface area contributed by atoms with Gasteiger partial charge in [0.25, 0.3) is 0 Å². The van der Waals surface area contributed by atoms with Gasteiger partial charge in [-0.3, -0.25) is 0 Å². The number of hydrogen-bond acceptors (Lipinski definition) is 1. The smallest absolute Gasteiger partial charge is 0.306 e. The molecule has 1 aliphatic rings. The fourth-order valence-corrected chi connectivity index (χ4v) is 2.47. The second-order valence-corrected chi connectivity index (χ2v) is 4.99. The standard InChI is InChI=1S/C12H22F3N/c1-3-8-16-11(12(13,14)15)10-6-4-9(2)5-7-10/h9-11,16H,3-8H2,1-2H3. The van der Waals surface area contributed by atoms with Crippen LogP contribution >= 0.6 is 0 Å². The van der Waals surface area contributed by atoms with E-state index < -0.39 is 12.2 Å². The summed E-state index contributed by atoms with van der Waals surface area (Å²) in [4.78, 5) is 0. The largest absolute Gasteiger partial charge is 0.404 e. The lowest BCUT2D eigenvalue weighted by Gasteiger charge is -2.34. The number of hydrogen-bond donors (Lipinski definition) is 1. The van der Waals surface area contributed by atoms with Crippen LogP contribution in [0.2, 0.25) is 0 Å². The Morgan fingerprint density at radius 2 is 1.75 bits per heavy atom. The van der Waals surface area contributed by atoms with E-state index in [0.717, 1.165) is 19.3 Å². The summed E-state index contributed by atoms with van der Waals surface area (Å²) >= 11 is 0. The van der Waals surface area contributed by atoms with Gasteiger partial charge < -0.3 is 5.32 Å². The maximum absolute atomic E-state index is 12.9. The molecule has 16 heavy (non-hydrogen) atoms. The molecule has 0 amide bonds. The molecule has 1 aliphatic carbocycles. The summed E-state index contributed by atoms with van der Waals surface area (Å²) in [5.74, 6) is 0.374. The van der Waals surface area contributed by atoms with Gasteiger partial charge in [-0.1, -0.05) is 26.7 Å². The predicted octanol–water partition coefficient (Wildman–Crippen LogP) is 3.74. The highest BCUT2D eigenvalue weighted by Crippen LogP contribution is 2.36. The molecule has 96 valence electrons. The molecule has 1 atom stereocenters. The first-order chi connectivity index (χ1) is 7.45. The Bertz CT molecular complexity index is 195. The topological polar surface area (TPSA) is 12.0 Å². The number of rotatable bonds is 4. The summed E-state index contributed by atoms with van der Waals surface area (Å²) in [5.41, 5.74) is 0. The van der Waals surface area contributed by atoms with E-state index in [1.165, 1.54) is 0 Å². The molecule has 0 heterocycles. The quantitative estimate of drug-likeness (QED) is 0.785. The van der Waals surface area contributed by atoms with Crippen LogP contribution in [0.4, 0.5) is 13.2 Å². The van der Waals surface area contributed by atoms with Crippen molar-refractivity contribution in [2.75, 3.05) is 6.54 Å². The van der Waals surface area contributed by atoms with E-state index >= 15 is 0 Å². The SMILES string of the molecule is CCCNC(C1CCC(C)CC1)C(F)(F)F. The summed E-state index contributed by atoms with van der Waals surface area (Å²) in [7, 11) is 0. The van der Waals surface area contributed by atoms with Crippen LogP contribution in [0.15, 0.2) is 0 Å². The van der Waals surface area contributed by atoms with Gasteiger partial charge in [0, 0.05) is 0 Å². The lowest BCUT2D eigenvalue weighted by atomic mass is 9.79.